The normalized spacial score (nSPS) is 23.0. The highest BCUT2D eigenvalue weighted by Crippen LogP contribution is 2.30. The van der Waals surface area contributed by atoms with Gasteiger partial charge in [-0.1, -0.05) is 12.8 Å². The molecule has 118 valence electrons. The zero-order valence-corrected chi connectivity index (χ0v) is 12.8. The highest BCUT2D eigenvalue weighted by atomic mass is 32.2. The molecule has 1 saturated carbocycles. The molecule has 2 unspecified atom stereocenters. The number of primary sulfonamides is 1. The number of hydrogen-bond donors (Lipinski definition) is 4. The van der Waals surface area contributed by atoms with Gasteiger partial charge in [0.15, 0.2) is 0 Å². The summed E-state index contributed by atoms with van der Waals surface area (Å²) >= 11 is 0. The van der Waals surface area contributed by atoms with E-state index in [4.69, 9.17) is 10.9 Å². The Kier molecular flexibility index (Phi) is 5.08. The van der Waals surface area contributed by atoms with Crippen LogP contribution < -0.4 is 16.2 Å². The number of benzene rings is 1. The van der Waals surface area contributed by atoms with Crippen molar-refractivity contribution in [2.45, 2.75) is 30.6 Å². The van der Waals surface area contributed by atoms with Gasteiger partial charge < -0.3 is 16.2 Å². The van der Waals surface area contributed by atoms with Gasteiger partial charge >= 0.3 is 0 Å². The van der Waals surface area contributed by atoms with Crippen LogP contribution in [-0.4, -0.2) is 26.7 Å². The Morgan fingerprint density at radius 3 is 2.48 bits per heavy atom. The molecule has 0 saturated heterocycles. The molecule has 1 aliphatic rings. The van der Waals surface area contributed by atoms with Gasteiger partial charge in [-0.3, -0.25) is 0 Å². The number of anilines is 2. The fraction of sp³-hybridized carbons (Fsp3) is 0.571. The van der Waals surface area contributed by atoms with Crippen LogP contribution >= 0.6 is 0 Å². The van der Waals surface area contributed by atoms with Crippen molar-refractivity contribution in [3.63, 3.8) is 0 Å². The minimum atomic E-state index is -3.73. The number of aliphatic hydroxyl groups excluding tert-OH is 1. The number of aliphatic hydroxyl groups is 1. The molecule has 0 bridgehead atoms. The lowest BCUT2D eigenvalue weighted by Crippen LogP contribution is -2.28. The van der Waals surface area contributed by atoms with Crippen molar-refractivity contribution in [1.82, 2.24) is 0 Å². The molecule has 6 N–H and O–H groups in total. The first kappa shape index (κ1) is 16.1. The van der Waals surface area contributed by atoms with Crippen LogP contribution in [0.3, 0.4) is 0 Å². The van der Waals surface area contributed by atoms with Crippen molar-refractivity contribution in [1.29, 1.82) is 0 Å². The maximum Gasteiger partial charge on any atom is 0.238 e. The number of rotatable bonds is 5. The molecule has 1 aromatic carbocycles. The third kappa shape index (κ3) is 4.09. The van der Waals surface area contributed by atoms with Gasteiger partial charge in [-0.25, -0.2) is 13.6 Å². The van der Waals surface area contributed by atoms with Crippen LogP contribution in [0.2, 0.25) is 0 Å². The molecule has 2 rings (SSSR count). The van der Waals surface area contributed by atoms with Crippen molar-refractivity contribution in [2.75, 3.05) is 24.2 Å². The molecule has 6 nitrogen and oxygen atoms in total. The van der Waals surface area contributed by atoms with Gasteiger partial charge in [0, 0.05) is 13.2 Å². The van der Waals surface area contributed by atoms with Gasteiger partial charge in [0.1, 0.15) is 0 Å². The minimum absolute atomic E-state index is 0.0106. The minimum Gasteiger partial charge on any atom is -0.397 e. The Balaban J connectivity index is 2.03. The van der Waals surface area contributed by atoms with Crippen LogP contribution in [0.5, 0.6) is 0 Å². The standard InChI is InChI=1S/C14H23N3O3S/c15-13-7-12(21(16,19)20)5-6-14(13)17-8-10-3-1-2-4-11(10)9-18/h5-7,10-11,17-18H,1-4,8-9,15H2,(H2,16,19,20). The third-order valence-corrected chi connectivity index (χ3v) is 5.12. The molecule has 21 heavy (non-hydrogen) atoms. The Bertz CT molecular complexity index is 589. The van der Waals surface area contributed by atoms with E-state index >= 15 is 0 Å². The summed E-state index contributed by atoms with van der Waals surface area (Å²) in [7, 11) is -3.73. The first-order valence-corrected chi connectivity index (χ1v) is 8.73. The lowest BCUT2D eigenvalue weighted by Gasteiger charge is -2.30. The molecule has 0 aliphatic heterocycles. The van der Waals surface area contributed by atoms with Gasteiger partial charge in [0.25, 0.3) is 0 Å². The van der Waals surface area contributed by atoms with Crippen molar-refractivity contribution in [3.8, 4) is 0 Å². The summed E-state index contributed by atoms with van der Waals surface area (Å²) in [5, 5.41) is 17.7. The van der Waals surface area contributed by atoms with E-state index in [1.54, 1.807) is 6.07 Å². The maximum atomic E-state index is 11.3. The molecule has 0 heterocycles. The number of nitrogen functional groups attached to an aromatic ring is 1. The SMILES string of the molecule is Nc1cc(S(N)(=O)=O)ccc1NCC1CCCCC1CO. The van der Waals surface area contributed by atoms with E-state index in [1.165, 1.54) is 25.0 Å². The van der Waals surface area contributed by atoms with Gasteiger partial charge in [0.05, 0.1) is 16.3 Å². The molecule has 0 radical (unpaired) electrons. The largest absolute Gasteiger partial charge is 0.397 e. The summed E-state index contributed by atoms with van der Waals surface area (Å²) in [5.74, 6) is 0.747. The monoisotopic (exact) mass is 313 g/mol. The van der Waals surface area contributed by atoms with Crippen LogP contribution in [0.25, 0.3) is 0 Å². The number of hydrogen-bond acceptors (Lipinski definition) is 5. The van der Waals surface area contributed by atoms with E-state index in [2.05, 4.69) is 5.32 Å². The zero-order valence-electron chi connectivity index (χ0n) is 12.0. The first-order chi connectivity index (χ1) is 9.91. The van der Waals surface area contributed by atoms with Gasteiger partial charge in [0.2, 0.25) is 10.0 Å². The molecular weight excluding hydrogens is 290 g/mol. The molecule has 0 aromatic heterocycles. The maximum absolute atomic E-state index is 11.3. The second-order valence-electron chi connectivity index (χ2n) is 5.66. The quantitative estimate of drug-likeness (QED) is 0.608. The summed E-state index contributed by atoms with van der Waals surface area (Å²) in [6, 6.07) is 4.44. The van der Waals surface area contributed by atoms with Crippen molar-refractivity contribution < 1.29 is 13.5 Å². The zero-order chi connectivity index (χ0) is 15.5. The van der Waals surface area contributed by atoms with Gasteiger partial charge in [-0.2, -0.15) is 0 Å². The molecular formula is C14H23N3O3S. The van der Waals surface area contributed by atoms with E-state index < -0.39 is 10.0 Å². The Hall–Kier alpha value is -1.31. The van der Waals surface area contributed by atoms with Gasteiger partial charge in [-0.15, -0.1) is 0 Å². The third-order valence-electron chi connectivity index (χ3n) is 4.21. The molecule has 0 amide bonds. The number of nitrogens with one attached hydrogen (secondary N) is 1. The van der Waals surface area contributed by atoms with Gasteiger partial charge in [-0.05, 0) is 42.9 Å². The predicted octanol–water partition coefficient (Wildman–Crippen LogP) is 1.13. The first-order valence-electron chi connectivity index (χ1n) is 7.19. The molecule has 1 aliphatic carbocycles. The second kappa shape index (κ2) is 6.64. The smallest absolute Gasteiger partial charge is 0.238 e. The van der Waals surface area contributed by atoms with Crippen LogP contribution in [0.1, 0.15) is 25.7 Å². The summed E-state index contributed by atoms with van der Waals surface area (Å²) in [6.07, 6.45) is 4.51. The van der Waals surface area contributed by atoms with Crippen LogP contribution in [-0.2, 0) is 10.0 Å². The van der Waals surface area contributed by atoms with Crippen LogP contribution in [0, 0.1) is 11.8 Å². The Morgan fingerprint density at radius 1 is 1.24 bits per heavy atom. The van der Waals surface area contributed by atoms with Crippen LogP contribution in [0.15, 0.2) is 23.1 Å². The molecule has 0 spiro atoms. The summed E-state index contributed by atoms with van der Waals surface area (Å²) < 4.78 is 22.5. The van der Waals surface area contributed by atoms with E-state index in [1.807, 2.05) is 0 Å². The summed E-state index contributed by atoms with van der Waals surface area (Å²) in [4.78, 5) is 0.0106. The predicted molar refractivity (Wildman–Crippen MR) is 83.3 cm³/mol. The molecule has 1 fully saturated rings. The van der Waals surface area contributed by atoms with E-state index in [9.17, 15) is 13.5 Å². The number of sulfonamides is 1. The molecule has 2 atom stereocenters. The average molecular weight is 313 g/mol. The Labute approximate surface area is 125 Å². The topological polar surface area (TPSA) is 118 Å². The van der Waals surface area contributed by atoms with Crippen LogP contribution in [0.4, 0.5) is 11.4 Å². The summed E-state index contributed by atoms with van der Waals surface area (Å²) in [5.41, 5.74) is 6.93. The lowest BCUT2D eigenvalue weighted by molar-refractivity contribution is 0.141. The van der Waals surface area contributed by atoms with Crippen molar-refractivity contribution >= 4 is 21.4 Å². The highest BCUT2D eigenvalue weighted by Gasteiger charge is 2.24. The molecule has 7 heteroatoms. The molecule has 1 aromatic rings. The van der Waals surface area contributed by atoms with E-state index in [-0.39, 0.29) is 11.5 Å². The second-order valence-corrected chi connectivity index (χ2v) is 7.22. The highest BCUT2D eigenvalue weighted by molar-refractivity contribution is 7.89. The van der Waals surface area contributed by atoms with Crippen molar-refractivity contribution in [3.05, 3.63) is 18.2 Å². The summed E-state index contributed by atoms with van der Waals surface area (Å²) in [6.45, 7) is 0.941. The van der Waals surface area contributed by atoms with E-state index in [0.29, 0.717) is 23.2 Å². The van der Waals surface area contributed by atoms with Crippen molar-refractivity contribution in [2.24, 2.45) is 17.0 Å². The lowest BCUT2D eigenvalue weighted by atomic mass is 9.79. The number of nitrogens with two attached hydrogens (primary N) is 2. The fourth-order valence-corrected chi connectivity index (χ4v) is 3.46. The van der Waals surface area contributed by atoms with E-state index in [0.717, 1.165) is 19.4 Å². The average Bonchev–Trinajstić information content (AvgIpc) is 2.45. The fourth-order valence-electron chi connectivity index (χ4n) is 2.91. The Morgan fingerprint density at radius 2 is 1.90 bits per heavy atom.